The minimum absolute atomic E-state index is 0.0664. The SMILES string of the molecule is CCOC(=O)N1CCC2(CC1)OCCn1c2nc(C(=O)NCc2ccc(F)cc2-n2cnc(C)n2)c(O)c1=O. The molecule has 0 saturated carbocycles. The molecular weight excluding hydrogens is 513 g/mol. The van der Waals surface area contributed by atoms with Crippen molar-refractivity contribution in [2.45, 2.75) is 45.4 Å². The number of amides is 2. The van der Waals surface area contributed by atoms with Gasteiger partial charge in [0.25, 0.3) is 11.5 Å². The Labute approximate surface area is 222 Å². The van der Waals surface area contributed by atoms with Crippen LogP contribution < -0.4 is 10.9 Å². The lowest BCUT2D eigenvalue weighted by Gasteiger charge is -2.43. The normalized spacial score (nSPS) is 16.1. The molecule has 2 aromatic heterocycles. The average Bonchev–Trinajstić information content (AvgIpc) is 3.36. The van der Waals surface area contributed by atoms with Crippen LogP contribution in [-0.4, -0.2) is 72.6 Å². The fraction of sp³-hybridized carbons (Fsp3) is 0.440. The maximum atomic E-state index is 14.0. The van der Waals surface area contributed by atoms with Crippen molar-refractivity contribution in [3.05, 3.63) is 63.6 Å². The molecule has 1 saturated heterocycles. The van der Waals surface area contributed by atoms with Crippen LogP contribution in [0.15, 0.2) is 29.3 Å². The zero-order chi connectivity index (χ0) is 27.7. The van der Waals surface area contributed by atoms with Crippen molar-refractivity contribution in [3.8, 4) is 11.4 Å². The molecule has 13 nitrogen and oxygen atoms in total. The number of aromatic nitrogens is 5. The van der Waals surface area contributed by atoms with Crippen molar-refractivity contribution in [1.29, 1.82) is 0 Å². The fourth-order valence-electron chi connectivity index (χ4n) is 4.91. The predicted octanol–water partition coefficient (Wildman–Crippen LogP) is 1.38. The predicted molar refractivity (Wildman–Crippen MR) is 133 cm³/mol. The van der Waals surface area contributed by atoms with E-state index in [0.717, 1.165) is 0 Å². The van der Waals surface area contributed by atoms with E-state index < -0.39 is 40.4 Å². The number of ether oxygens (including phenoxy) is 2. The molecule has 0 bridgehead atoms. The number of fused-ring (bicyclic) bond motifs is 2. The summed E-state index contributed by atoms with van der Waals surface area (Å²) in [5, 5.41) is 17.5. The molecule has 206 valence electrons. The number of aromatic hydroxyl groups is 1. The van der Waals surface area contributed by atoms with Gasteiger partial charge in [-0.05, 0) is 31.5 Å². The summed E-state index contributed by atoms with van der Waals surface area (Å²) in [6, 6.07) is 4.01. The average molecular weight is 542 g/mol. The highest BCUT2D eigenvalue weighted by Gasteiger charge is 2.45. The first-order chi connectivity index (χ1) is 18.7. The standard InChI is InChI=1S/C25H28FN7O6/c1-3-38-24(37)31-8-6-25(7-9-31)23-29-19(20(34)22(36)32(23)10-11-39-25)21(35)27-13-16-4-5-17(26)12-18(16)33-14-28-15(2)30-33/h4-5,12,14,34H,3,6-11,13H2,1-2H3,(H,27,35). The molecule has 2 aliphatic heterocycles. The second-order valence-electron chi connectivity index (χ2n) is 9.31. The molecule has 0 radical (unpaired) electrons. The number of likely N-dealkylation sites (tertiary alicyclic amines) is 1. The summed E-state index contributed by atoms with van der Waals surface area (Å²) in [5.74, 6) is -1.34. The number of nitrogens with one attached hydrogen (secondary N) is 1. The largest absolute Gasteiger partial charge is 0.501 e. The van der Waals surface area contributed by atoms with E-state index in [1.807, 2.05) is 0 Å². The Morgan fingerprint density at radius 1 is 1.26 bits per heavy atom. The number of halogens is 1. The molecule has 4 heterocycles. The van der Waals surface area contributed by atoms with Crippen LogP contribution in [0.4, 0.5) is 9.18 Å². The summed E-state index contributed by atoms with van der Waals surface area (Å²) in [7, 11) is 0. The number of aryl methyl sites for hydroxylation is 1. The van der Waals surface area contributed by atoms with E-state index in [2.05, 4.69) is 20.4 Å². The van der Waals surface area contributed by atoms with Crippen LogP contribution in [0.5, 0.6) is 5.75 Å². The fourth-order valence-corrected chi connectivity index (χ4v) is 4.91. The summed E-state index contributed by atoms with van der Waals surface area (Å²) in [6.07, 6.45) is 1.67. The molecule has 0 aliphatic carbocycles. The number of piperidine rings is 1. The molecule has 39 heavy (non-hydrogen) atoms. The zero-order valence-electron chi connectivity index (χ0n) is 21.5. The summed E-state index contributed by atoms with van der Waals surface area (Å²) < 4.78 is 27.9. The lowest BCUT2D eigenvalue weighted by Crippen LogP contribution is -2.52. The van der Waals surface area contributed by atoms with Crippen LogP contribution in [0.25, 0.3) is 5.69 Å². The van der Waals surface area contributed by atoms with E-state index in [1.54, 1.807) is 18.7 Å². The molecule has 0 unspecified atom stereocenters. The van der Waals surface area contributed by atoms with Crippen molar-refractivity contribution in [2.75, 3.05) is 26.3 Å². The van der Waals surface area contributed by atoms with E-state index in [1.165, 1.54) is 33.8 Å². The van der Waals surface area contributed by atoms with Gasteiger partial charge in [-0.25, -0.2) is 23.8 Å². The van der Waals surface area contributed by atoms with E-state index in [4.69, 9.17) is 9.47 Å². The topological polar surface area (TPSA) is 154 Å². The van der Waals surface area contributed by atoms with Gasteiger partial charge in [-0.3, -0.25) is 14.2 Å². The second kappa shape index (κ2) is 10.4. The highest BCUT2D eigenvalue weighted by atomic mass is 19.1. The summed E-state index contributed by atoms with van der Waals surface area (Å²) in [5.41, 5.74) is -1.29. The molecule has 5 rings (SSSR count). The molecule has 2 amide bonds. The minimum atomic E-state index is -1.00. The van der Waals surface area contributed by atoms with Gasteiger partial charge >= 0.3 is 6.09 Å². The van der Waals surface area contributed by atoms with Crippen molar-refractivity contribution < 1.29 is 28.6 Å². The van der Waals surface area contributed by atoms with Crippen molar-refractivity contribution >= 4 is 12.0 Å². The zero-order valence-corrected chi connectivity index (χ0v) is 21.5. The van der Waals surface area contributed by atoms with Gasteiger partial charge < -0.3 is 24.8 Å². The Hall–Kier alpha value is -4.33. The maximum Gasteiger partial charge on any atom is 0.409 e. The van der Waals surface area contributed by atoms with Crippen LogP contribution in [0.3, 0.4) is 0 Å². The second-order valence-corrected chi connectivity index (χ2v) is 9.31. The van der Waals surface area contributed by atoms with Gasteiger partial charge in [-0.2, -0.15) is 5.10 Å². The number of rotatable bonds is 5. The third-order valence-corrected chi connectivity index (χ3v) is 6.90. The van der Waals surface area contributed by atoms with Gasteiger partial charge in [0.2, 0.25) is 5.75 Å². The number of carbonyl (C=O) groups excluding carboxylic acids is 2. The van der Waals surface area contributed by atoms with Crippen LogP contribution in [0, 0.1) is 12.7 Å². The first-order valence-electron chi connectivity index (χ1n) is 12.6. The lowest BCUT2D eigenvalue weighted by atomic mass is 9.89. The first-order valence-corrected chi connectivity index (χ1v) is 12.6. The van der Waals surface area contributed by atoms with E-state index in [9.17, 15) is 23.9 Å². The van der Waals surface area contributed by atoms with Crippen molar-refractivity contribution in [2.24, 2.45) is 0 Å². The minimum Gasteiger partial charge on any atom is -0.501 e. The highest BCUT2D eigenvalue weighted by molar-refractivity contribution is 5.94. The van der Waals surface area contributed by atoms with Crippen molar-refractivity contribution in [3.63, 3.8) is 0 Å². The summed E-state index contributed by atoms with van der Waals surface area (Å²) in [6.45, 7) is 4.61. The van der Waals surface area contributed by atoms with Crippen molar-refractivity contribution in [1.82, 2.24) is 34.5 Å². The Morgan fingerprint density at radius 3 is 2.72 bits per heavy atom. The van der Waals surface area contributed by atoms with Gasteiger partial charge in [0.1, 0.15) is 29.4 Å². The first kappa shape index (κ1) is 26.3. The number of carbonyl (C=O) groups is 2. The van der Waals surface area contributed by atoms with Gasteiger partial charge in [0.05, 0.1) is 25.4 Å². The maximum absolute atomic E-state index is 14.0. The molecule has 0 atom stereocenters. The van der Waals surface area contributed by atoms with Crippen LogP contribution in [0.1, 0.15) is 47.5 Å². The Bertz CT molecular complexity index is 1480. The number of benzene rings is 1. The molecule has 1 spiro atoms. The Morgan fingerprint density at radius 2 is 2.03 bits per heavy atom. The van der Waals surface area contributed by atoms with E-state index >= 15 is 0 Å². The van der Waals surface area contributed by atoms with Gasteiger partial charge in [-0.1, -0.05) is 6.07 Å². The number of hydrogen-bond donors (Lipinski definition) is 2. The molecular formula is C25H28FN7O6. The van der Waals surface area contributed by atoms with Gasteiger partial charge in [-0.15, -0.1) is 0 Å². The smallest absolute Gasteiger partial charge is 0.409 e. The quantitative estimate of drug-likeness (QED) is 0.488. The molecule has 1 fully saturated rings. The Balaban J connectivity index is 1.40. The highest BCUT2D eigenvalue weighted by Crippen LogP contribution is 2.38. The number of nitrogens with zero attached hydrogens (tertiary/aromatic N) is 6. The third kappa shape index (κ3) is 4.94. The number of hydrogen-bond acceptors (Lipinski definition) is 9. The Kier molecular flexibility index (Phi) is 7.04. The monoisotopic (exact) mass is 541 g/mol. The van der Waals surface area contributed by atoms with Crippen LogP contribution in [0.2, 0.25) is 0 Å². The van der Waals surface area contributed by atoms with Crippen LogP contribution in [-0.2, 0) is 28.2 Å². The summed E-state index contributed by atoms with van der Waals surface area (Å²) >= 11 is 0. The van der Waals surface area contributed by atoms with Crippen LogP contribution >= 0.6 is 0 Å². The molecule has 2 aliphatic rings. The molecule has 3 aromatic rings. The molecule has 1 aromatic carbocycles. The lowest BCUT2D eigenvalue weighted by molar-refractivity contribution is -0.115. The molecule has 14 heteroatoms. The van der Waals surface area contributed by atoms with E-state index in [0.29, 0.717) is 43.0 Å². The van der Waals surface area contributed by atoms with E-state index in [-0.39, 0.29) is 32.1 Å². The van der Waals surface area contributed by atoms with Gasteiger partial charge in [0, 0.05) is 32.5 Å². The summed E-state index contributed by atoms with van der Waals surface area (Å²) in [4.78, 5) is 48.4. The molecule has 2 N–H and O–H groups in total. The third-order valence-electron chi connectivity index (χ3n) is 6.90. The van der Waals surface area contributed by atoms with Gasteiger partial charge in [0.15, 0.2) is 5.69 Å².